The van der Waals surface area contributed by atoms with Gasteiger partial charge in [0.05, 0.1) is 5.69 Å². The molecule has 1 unspecified atom stereocenters. The molecule has 1 atom stereocenters. The first-order valence-electron chi connectivity index (χ1n) is 6.14. The summed E-state index contributed by atoms with van der Waals surface area (Å²) in [7, 11) is 0. The van der Waals surface area contributed by atoms with Gasteiger partial charge >= 0.3 is 0 Å². The van der Waals surface area contributed by atoms with Crippen LogP contribution in [-0.2, 0) is 6.42 Å². The van der Waals surface area contributed by atoms with E-state index in [1.165, 1.54) is 19.3 Å². The Bertz CT molecular complexity index is 515. The van der Waals surface area contributed by atoms with E-state index in [1.807, 2.05) is 12.1 Å². The molecule has 0 saturated carbocycles. The van der Waals surface area contributed by atoms with Gasteiger partial charge in [-0.3, -0.25) is 0 Å². The van der Waals surface area contributed by atoms with Crippen molar-refractivity contribution < 1.29 is 9.63 Å². The monoisotopic (exact) mass is 232 g/mol. The first kappa shape index (κ1) is 10.6. The van der Waals surface area contributed by atoms with Gasteiger partial charge < -0.3 is 14.9 Å². The van der Waals surface area contributed by atoms with Gasteiger partial charge in [-0.1, -0.05) is 17.6 Å². The molecule has 1 aromatic heterocycles. The van der Waals surface area contributed by atoms with Gasteiger partial charge in [0.15, 0.2) is 5.75 Å². The maximum absolute atomic E-state index is 9.64. The van der Waals surface area contributed by atoms with Crippen LogP contribution in [0, 0.1) is 0 Å². The van der Waals surface area contributed by atoms with Gasteiger partial charge in [-0.05, 0) is 31.5 Å². The second kappa shape index (κ2) is 4.37. The summed E-state index contributed by atoms with van der Waals surface area (Å²) in [5.74, 6) is 0.165. The van der Waals surface area contributed by atoms with E-state index in [0.717, 1.165) is 24.0 Å². The highest BCUT2D eigenvalue weighted by molar-refractivity contribution is 5.84. The number of phenols is 1. The summed E-state index contributed by atoms with van der Waals surface area (Å²) in [6, 6.07) is 5.88. The number of nitrogens with one attached hydrogen (secondary N) is 1. The van der Waals surface area contributed by atoms with Crippen molar-refractivity contribution in [3.05, 3.63) is 23.9 Å². The lowest BCUT2D eigenvalue weighted by Gasteiger charge is -2.22. The third-order valence-electron chi connectivity index (χ3n) is 3.40. The summed E-state index contributed by atoms with van der Waals surface area (Å²) in [6.45, 7) is 1.09. The van der Waals surface area contributed by atoms with E-state index in [0.29, 0.717) is 11.6 Å². The Morgan fingerprint density at radius 1 is 1.41 bits per heavy atom. The Hall–Kier alpha value is -1.55. The summed E-state index contributed by atoms with van der Waals surface area (Å²) >= 11 is 0. The van der Waals surface area contributed by atoms with Gasteiger partial charge in [0.1, 0.15) is 0 Å². The molecule has 4 heteroatoms. The van der Waals surface area contributed by atoms with Crippen LogP contribution in [0.1, 0.15) is 25.0 Å². The maximum Gasteiger partial charge on any atom is 0.208 e. The van der Waals surface area contributed by atoms with Crippen LogP contribution in [0.25, 0.3) is 11.0 Å². The van der Waals surface area contributed by atoms with Crippen LogP contribution in [-0.4, -0.2) is 22.8 Å². The van der Waals surface area contributed by atoms with Gasteiger partial charge in [0.25, 0.3) is 0 Å². The summed E-state index contributed by atoms with van der Waals surface area (Å²) < 4.78 is 5.19. The highest BCUT2D eigenvalue weighted by Gasteiger charge is 2.18. The quantitative estimate of drug-likeness (QED) is 0.833. The van der Waals surface area contributed by atoms with E-state index in [-0.39, 0.29) is 5.75 Å². The molecule has 0 amide bonds. The Morgan fingerprint density at radius 2 is 2.35 bits per heavy atom. The van der Waals surface area contributed by atoms with Gasteiger partial charge in [0.2, 0.25) is 5.58 Å². The Morgan fingerprint density at radius 3 is 3.18 bits per heavy atom. The summed E-state index contributed by atoms with van der Waals surface area (Å²) in [4.78, 5) is 0. The molecule has 1 aliphatic rings. The number of rotatable bonds is 2. The Kier molecular flexibility index (Phi) is 2.73. The predicted molar refractivity (Wildman–Crippen MR) is 65.0 cm³/mol. The van der Waals surface area contributed by atoms with Gasteiger partial charge in [-0.15, -0.1) is 0 Å². The number of benzene rings is 1. The van der Waals surface area contributed by atoms with Crippen molar-refractivity contribution in [3.8, 4) is 5.75 Å². The molecule has 1 aliphatic heterocycles. The third kappa shape index (κ3) is 2.00. The van der Waals surface area contributed by atoms with Crippen LogP contribution in [0.5, 0.6) is 5.75 Å². The predicted octanol–water partition coefficient (Wildman–Crippen LogP) is 2.22. The number of para-hydroxylation sites is 1. The van der Waals surface area contributed by atoms with Crippen molar-refractivity contribution in [1.82, 2.24) is 10.5 Å². The molecule has 2 N–H and O–H groups in total. The van der Waals surface area contributed by atoms with Crippen LogP contribution in [0.15, 0.2) is 22.7 Å². The van der Waals surface area contributed by atoms with Crippen LogP contribution in [0.4, 0.5) is 0 Å². The summed E-state index contributed by atoms with van der Waals surface area (Å²) in [5, 5.41) is 18.1. The molecule has 0 radical (unpaired) electrons. The number of hydrogen-bond acceptors (Lipinski definition) is 4. The van der Waals surface area contributed by atoms with Crippen molar-refractivity contribution in [2.75, 3.05) is 6.54 Å². The van der Waals surface area contributed by atoms with Gasteiger partial charge in [-0.25, -0.2) is 0 Å². The standard InChI is InChI=1S/C13H16N2O2/c16-12-6-3-5-10-11(15-17-13(10)12)8-9-4-1-2-7-14-9/h3,5-6,9,14,16H,1-2,4,7-8H2. The smallest absolute Gasteiger partial charge is 0.208 e. The normalized spacial score (nSPS) is 20.8. The van der Waals surface area contributed by atoms with Crippen LogP contribution in [0.2, 0.25) is 0 Å². The molecule has 1 aromatic carbocycles. The molecular weight excluding hydrogens is 216 g/mol. The maximum atomic E-state index is 9.64. The Balaban J connectivity index is 1.87. The molecule has 90 valence electrons. The minimum absolute atomic E-state index is 0.165. The van der Waals surface area contributed by atoms with E-state index in [1.54, 1.807) is 6.07 Å². The van der Waals surface area contributed by atoms with E-state index < -0.39 is 0 Å². The van der Waals surface area contributed by atoms with Gasteiger partial charge in [-0.2, -0.15) is 0 Å². The molecule has 2 heterocycles. The first-order chi connectivity index (χ1) is 8.34. The number of fused-ring (bicyclic) bond motifs is 1. The lowest BCUT2D eigenvalue weighted by atomic mass is 9.99. The molecule has 4 nitrogen and oxygen atoms in total. The second-order valence-corrected chi connectivity index (χ2v) is 4.63. The highest BCUT2D eigenvalue weighted by Crippen LogP contribution is 2.27. The van der Waals surface area contributed by atoms with Crippen molar-refractivity contribution in [2.24, 2.45) is 0 Å². The zero-order valence-electron chi connectivity index (χ0n) is 9.65. The molecule has 17 heavy (non-hydrogen) atoms. The van der Waals surface area contributed by atoms with Gasteiger partial charge in [0, 0.05) is 17.8 Å². The highest BCUT2D eigenvalue weighted by atomic mass is 16.5. The molecule has 1 saturated heterocycles. The lowest BCUT2D eigenvalue weighted by molar-refractivity contribution is 0.381. The average molecular weight is 232 g/mol. The zero-order chi connectivity index (χ0) is 11.7. The zero-order valence-corrected chi connectivity index (χ0v) is 9.65. The largest absolute Gasteiger partial charge is 0.504 e. The van der Waals surface area contributed by atoms with E-state index in [9.17, 15) is 5.11 Å². The summed E-state index contributed by atoms with van der Waals surface area (Å²) in [5.41, 5.74) is 1.44. The Labute approximate surface area is 99.6 Å². The number of piperidine rings is 1. The first-order valence-corrected chi connectivity index (χ1v) is 6.14. The topological polar surface area (TPSA) is 58.3 Å². The van der Waals surface area contributed by atoms with Crippen molar-refractivity contribution in [2.45, 2.75) is 31.7 Å². The molecule has 0 aliphatic carbocycles. The number of phenolic OH excluding ortho intramolecular Hbond substituents is 1. The minimum atomic E-state index is 0.165. The van der Waals surface area contributed by atoms with E-state index in [4.69, 9.17) is 4.52 Å². The number of aromatic hydroxyl groups is 1. The van der Waals surface area contributed by atoms with Crippen LogP contribution >= 0.6 is 0 Å². The molecule has 0 spiro atoms. The van der Waals surface area contributed by atoms with E-state index >= 15 is 0 Å². The molecular formula is C13H16N2O2. The summed E-state index contributed by atoms with van der Waals surface area (Å²) in [6.07, 6.45) is 4.60. The lowest BCUT2D eigenvalue weighted by Crippen LogP contribution is -2.35. The molecule has 1 fully saturated rings. The second-order valence-electron chi connectivity index (χ2n) is 4.63. The third-order valence-corrected chi connectivity index (χ3v) is 3.40. The fourth-order valence-electron chi connectivity index (χ4n) is 2.48. The molecule has 0 bridgehead atoms. The van der Waals surface area contributed by atoms with Crippen molar-refractivity contribution in [3.63, 3.8) is 0 Å². The van der Waals surface area contributed by atoms with Crippen LogP contribution < -0.4 is 5.32 Å². The number of nitrogens with zero attached hydrogens (tertiary/aromatic N) is 1. The number of aromatic nitrogens is 1. The SMILES string of the molecule is Oc1cccc2c(CC3CCCCN3)noc12. The average Bonchev–Trinajstić information content (AvgIpc) is 2.76. The molecule has 3 rings (SSSR count). The van der Waals surface area contributed by atoms with Crippen molar-refractivity contribution >= 4 is 11.0 Å². The fraction of sp³-hybridized carbons (Fsp3) is 0.462. The number of hydrogen-bond donors (Lipinski definition) is 2. The van der Waals surface area contributed by atoms with Crippen LogP contribution in [0.3, 0.4) is 0 Å². The minimum Gasteiger partial charge on any atom is -0.504 e. The fourth-order valence-corrected chi connectivity index (χ4v) is 2.48. The van der Waals surface area contributed by atoms with Crippen molar-refractivity contribution in [1.29, 1.82) is 0 Å². The molecule has 2 aromatic rings. The van der Waals surface area contributed by atoms with E-state index in [2.05, 4.69) is 10.5 Å².